The maximum atomic E-state index is 11.5. The molecule has 0 aliphatic carbocycles. The van der Waals surface area contributed by atoms with Crippen molar-refractivity contribution in [3.05, 3.63) is 54.1 Å². The quantitative estimate of drug-likeness (QED) is 0.794. The highest BCUT2D eigenvalue weighted by molar-refractivity contribution is 5.89. The van der Waals surface area contributed by atoms with Crippen molar-refractivity contribution < 1.29 is 9.59 Å². The largest absolute Gasteiger partial charge is 0.352 e. The summed E-state index contributed by atoms with van der Waals surface area (Å²) >= 11 is 0. The molecule has 3 amide bonds. The van der Waals surface area contributed by atoms with Crippen LogP contribution >= 0.6 is 0 Å². The van der Waals surface area contributed by atoms with Gasteiger partial charge in [0.05, 0.1) is 0 Å². The molecule has 0 aliphatic rings. The molecular formula is C18H21N3O2. The number of carbonyl (C=O) groups excluding carboxylic acids is 2. The SMILES string of the molecule is CCC(=O)NCc1ccccc1-c1ccc(NC(=O)NC)cc1. The van der Waals surface area contributed by atoms with Gasteiger partial charge >= 0.3 is 6.03 Å². The molecular weight excluding hydrogens is 290 g/mol. The van der Waals surface area contributed by atoms with Crippen LogP contribution < -0.4 is 16.0 Å². The molecule has 0 spiro atoms. The van der Waals surface area contributed by atoms with E-state index in [1.807, 2.05) is 55.5 Å². The Bertz CT molecular complexity index is 681. The van der Waals surface area contributed by atoms with Gasteiger partial charge in [0.15, 0.2) is 0 Å². The minimum atomic E-state index is -0.250. The number of benzene rings is 2. The van der Waals surface area contributed by atoms with Crippen molar-refractivity contribution in [2.24, 2.45) is 0 Å². The first-order valence-electron chi connectivity index (χ1n) is 7.57. The molecule has 5 nitrogen and oxygen atoms in total. The van der Waals surface area contributed by atoms with Crippen LogP contribution in [0.1, 0.15) is 18.9 Å². The molecule has 0 atom stereocenters. The zero-order chi connectivity index (χ0) is 16.7. The Labute approximate surface area is 136 Å². The molecule has 0 bridgehead atoms. The molecule has 0 fully saturated rings. The fraction of sp³-hybridized carbons (Fsp3) is 0.222. The molecule has 0 saturated heterocycles. The van der Waals surface area contributed by atoms with Crippen LogP contribution in [0.5, 0.6) is 0 Å². The number of carbonyl (C=O) groups is 2. The van der Waals surface area contributed by atoms with Gasteiger partial charge in [0.25, 0.3) is 0 Å². The van der Waals surface area contributed by atoms with E-state index in [4.69, 9.17) is 0 Å². The highest BCUT2D eigenvalue weighted by Crippen LogP contribution is 2.25. The lowest BCUT2D eigenvalue weighted by Crippen LogP contribution is -2.24. The number of hydrogen-bond acceptors (Lipinski definition) is 2. The van der Waals surface area contributed by atoms with Gasteiger partial charge in [-0.05, 0) is 28.8 Å². The lowest BCUT2D eigenvalue weighted by atomic mass is 9.99. The van der Waals surface area contributed by atoms with E-state index >= 15 is 0 Å². The Morgan fingerprint density at radius 2 is 1.70 bits per heavy atom. The number of urea groups is 1. The number of nitrogens with one attached hydrogen (secondary N) is 3. The molecule has 120 valence electrons. The van der Waals surface area contributed by atoms with Crippen molar-refractivity contribution >= 4 is 17.6 Å². The van der Waals surface area contributed by atoms with Crippen LogP contribution in [-0.4, -0.2) is 19.0 Å². The predicted molar refractivity (Wildman–Crippen MR) is 92.1 cm³/mol. The zero-order valence-electron chi connectivity index (χ0n) is 13.3. The fourth-order valence-electron chi connectivity index (χ4n) is 2.20. The lowest BCUT2D eigenvalue weighted by molar-refractivity contribution is -0.120. The Kier molecular flexibility index (Phi) is 5.74. The Morgan fingerprint density at radius 1 is 1.00 bits per heavy atom. The van der Waals surface area contributed by atoms with Crippen LogP contribution in [0.25, 0.3) is 11.1 Å². The second kappa shape index (κ2) is 7.98. The minimum Gasteiger partial charge on any atom is -0.352 e. The van der Waals surface area contributed by atoms with Crippen molar-refractivity contribution in [1.82, 2.24) is 10.6 Å². The molecule has 0 heterocycles. The molecule has 2 aromatic carbocycles. The fourth-order valence-corrected chi connectivity index (χ4v) is 2.20. The predicted octanol–water partition coefficient (Wildman–Crippen LogP) is 3.13. The molecule has 0 saturated carbocycles. The van der Waals surface area contributed by atoms with Crippen molar-refractivity contribution in [1.29, 1.82) is 0 Å². The summed E-state index contributed by atoms with van der Waals surface area (Å²) in [7, 11) is 1.57. The van der Waals surface area contributed by atoms with Crippen LogP contribution in [0.4, 0.5) is 10.5 Å². The Balaban J connectivity index is 2.18. The van der Waals surface area contributed by atoms with E-state index in [-0.39, 0.29) is 11.9 Å². The van der Waals surface area contributed by atoms with Gasteiger partial charge in [0.2, 0.25) is 5.91 Å². The average Bonchev–Trinajstić information content (AvgIpc) is 2.60. The minimum absolute atomic E-state index is 0.0323. The van der Waals surface area contributed by atoms with Gasteiger partial charge < -0.3 is 16.0 Å². The van der Waals surface area contributed by atoms with Crippen molar-refractivity contribution in [3.63, 3.8) is 0 Å². The van der Waals surface area contributed by atoms with Gasteiger partial charge in [0.1, 0.15) is 0 Å². The third-order valence-electron chi connectivity index (χ3n) is 3.50. The van der Waals surface area contributed by atoms with E-state index in [0.717, 1.165) is 22.4 Å². The summed E-state index contributed by atoms with van der Waals surface area (Å²) in [6.07, 6.45) is 0.474. The summed E-state index contributed by atoms with van der Waals surface area (Å²) in [6, 6.07) is 15.3. The monoisotopic (exact) mass is 311 g/mol. The second-order valence-corrected chi connectivity index (χ2v) is 5.07. The van der Waals surface area contributed by atoms with E-state index in [1.54, 1.807) is 7.05 Å². The third kappa shape index (κ3) is 4.57. The standard InChI is InChI=1S/C18H21N3O2/c1-3-17(22)20-12-14-6-4-5-7-16(14)13-8-10-15(11-9-13)21-18(23)19-2/h4-11H,3,12H2,1-2H3,(H,20,22)(H2,19,21,23). The highest BCUT2D eigenvalue weighted by Gasteiger charge is 2.06. The maximum absolute atomic E-state index is 11.5. The second-order valence-electron chi connectivity index (χ2n) is 5.07. The van der Waals surface area contributed by atoms with Gasteiger partial charge in [-0.25, -0.2) is 4.79 Å². The van der Waals surface area contributed by atoms with Crippen LogP contribution in [0, 0.1) is 0 Å². The molecule has 3 N–H and O–H groups in total. The molecule has 5 heteroatoms. The van der Waals surface area contributed by atoms with E-state index in [0.29, 0.717) is 13.0 Å². The first-order valence-corrected chi connectivity index (χ1v) is 7.57. The number of hydrogen-bond donors (Lipinski definition) is 3. The number of rotatable bonds is 5. The van der Waals surface area contributed by atoms with Crippen LogP contribution in [0.15, 0.2) is 48.5 Å². The van der Waals surface area contributed by atoms with E-state index in [9.17, 15) is 9.59 Å². The smallest absolute Gasteiger partial charge is 0.318 e. The Morgan fingerprint density at radius 3 is 2.35 bits per heavy atom. The van der Waals surface area contributed by atoms with Gasteiger partial charge in [-0.3, -0.25) is 4.79 Å². The average molecular weight is 311 g/mol. The molecule has 0 aromatic heterocycles. The number of anilines is 1. The molecule has 2 aromatic rings. The van der Waals surface area contributed by atoms with Crippen molar-refractivity contribution in [2.75, 3.05) is 12.4 Å². The third-order valence-corrected chi connectivity index (χ3v) is 3.50. The van der Waals surface area contributed by atoms with E-state index in [2.05, 4.69) is 16.0 Å². The van der Waals surface area contributed by atoms with Gasteiger partial charge in [0, 0.05) is 25.7 Å². The van der Waals surface area contributed by atoms with Gasteiger partial charge in [-0.2, -0.15) is 0 Å². The van der Waals surface area contributed by atoms with E-state index in [1.165, 1.54) is 0 Å². The van der Waals surface area contributed by atoms with Gasteiger partial charge in [-0.1, -0.05) is 43.3 Å². The first kappa shape index (κ1) is 16.5. The normalized spacial score (nSPS) is 10.0. The molecule has 2 rings (SSSR count). The molecule has 23 heavy (non-hydrogen) atoms. The van der Waals surface area contributed by atoms with Crippen molar-refractivity contribution in [2.45, 2.75) is 19.9 Å². The summed E-state index contributed by atoms with van der Waals surface area (Å²) in [5.74, 6) is 0.0323. The Hall–Kier alpha value is -2.82. The lowest BCUT2D eigenvalue weighted by Gasteiger charge is -2.11. The summed E-state index contributed by atoms with van der Waals surface area (Å²) in [5.41, 5.74) is 3.88. The van der Waals surface area contributed by atoms with Crippen molar-refractivity contribution in [3.8, 4) is 11.1 Å². The number of amides is 3. The molecule has 0 aliphatic heterocycles. The molecule has 0 radical (unpaired) electrons. The van der Waals surface area contributed by atoms with Crippen LogP contribution in [-0.2, 0) is 11.3 Å². The summed E-state index contributed by atoms with van der Waals surface area (Å²) < 4.78 is 0. The summed E-state index contributed by atoms with van der Waals surface area (Å²) in [5, 5.41) is 8.14. The van der Waals surface area contributed by atoms with Crippen LogP contribution in [0.2, 0.25) is 0 Å². The summed E-state index contributed by atoms with van der Waals surface area (Å²) in [6.45, 7) is 2.33. The topological polar surface area (TPSA) is 70.2 Å². The first-order chi connectivity index (χ1) is 11.1. The summed E-state index contributed by atoms with van der Waals surface area (Å²) in [4.78, 5) is 22.8. The highest BCUT2D eigenvalue weighted by atomic mass is 16.2. The van der Waals surface area contributed by atoms with Gasteiger partial charge in [-0.15, -0.1) is 0 Å². The maximum Gasteiger partial charge on any atom is 0.318 e. The van der Waals surface area contributed by atoms with Crippen LogP contribution in [0.3, 0.4) is 0 Å². The van der Waals surface area contributed by atoms with E-state index < -0.39 is 0 Å². The molecule has 0 unspecified atom stereocenters. The zero-order valence-corrected chi connectivity index (χ0v) is 13.3.